The molecule has 0 aliphatic carbocycles. The van der Waals surface area contributed by atoms with Gasteiger partial charge in [0.1, 0.15) is 0 Å². The zero-order chi connectivity index (χ0) is 12.8. The summed E-state index contributed by atoms with van der Waals surface area (Å²) in [4.78, 5) is 23.0. The fourth-order valence-corrected chi connectivity index (χ4v) is 1.57. The lowest BCUT2D eigenvalue weighted by molar-refractivity contribution is -0.144. The van der Waals surface area contributed by atoms with Crippen LogP contribution < -0.4 is 0 Å². The van der Waals surface area contributed by atoms with Gasteiger partial charge in [-0.2, -0.15) is 0 Å². The van der Waals surface area contributed by atoms with E-state index in [4.69, 9.17) is 4.74 Å². The van der Waals surface area contributed by atoms with E-state index in [0.717, 1.165) is 5.56 Å². The van der Waals surface area contributed by atoms with Crippen LogP contribution in [0, 0.1) is 0 Å². The Morgan fingerprint density at radius 3 is 2.24 bits per heavy atom. The molecule has 0 N–H and O–H groups in total. The molecule has 0 saturated heterocycles. The van der Waals surface area contributed by atoms with Gasteiger partial charge in [-0.15, -0.1) is 0 Å². The molecule has 0 bridgehead atoms. The molecule has 0 saturated carbocycles. The Labute approximate surface area is 102 Å². The molecule has 0 fully saturated rings. The minimum Gasteiger partial charge on any atom is -0.466 e. The van der Waals surface area contributed by atoms with Crippen LogP contribution in [-0.2, 0) is 9.53 Å². The molecule has 1 atom stereocenters. The van der Waals surface area contributed by atoms with Crippen molar-refractivity contribution in [2.75, 3.05) is 6.61 Å². The van der Waals surface area contributed by atoms with Gasteiger partial charge in [-0.3, -0.25) is 9.59 Å². The second-order valence-corrected chi connectivity index (χ2v) is 3.87. The van der Waals surface area contributed by atoms with Gasteiger partial charge in [0.15, 0.2) is 5.78 Å². The van der Waals surface area contributed by atoms with Gasteiger partial charge in [-0.05, 0) is 19.4 Å². The van der Waals surface area contributed by atoms with Gasteiger partial charge in [0.25, 0.3) is 0 Å². The minimum absolute atomic E-state index is 0.111. The predicted octanol–water partition coefficient (Wildman–Crippen LogP) is 2.95. The van der Waals surface area contributed by atoms with E-state index in [1.54, 1.807) is 26.0 Å². The van der Waals surface area contributed by atoms with Crippen LogP contribution in [0.15, 0.2) is 24.3 Å². The van der Waals surface area contributed by atoms with E-state index in [0.29, 0.717) is 18.6 Å². The molecule has 0 aliphatic heterocycles. The molecule has 0 amide bonds. The number of Topliss-reactive ketones (excluding diaryl/α,β-unsaturated/α-hetero) is 1. The van der Waals surface area contributed by atoms with E-state index in [9.17, 15) is 9.59 Å². The molecule has 0 aliphatic rings. The first-order chi connectivity index (χ1) is 8.10. The smallest absolute Gasteiger partial charge is 0.313 e. The van der Waals surface area contributed by atoms with Gasteiger partial charge in [-0.25, -0.2) is 0 Å². The van der Waals surface area contributed by atoms with Gasteiger partial charge in [0.2, 0.25) is 0 Å². The molecule has 1 aromatic rings. The maximum atomic E-state index is 11.5. The maximum Gasteiger partial charge on any atom is 0.313 e. The Bertz CT molecular complexity index is 392. The molecule has 1 aromatic carbocycles. The van der Waals surface area contributed by atoms with Crippen molar-refractivity contribution >= 4 is 11.8 Å². The molecule has 0 spiro atoms. The first-order valence-electron chi connectivity index (χ1n) is 5.89. The standard InChI is InChI=1S/C14H18O3/c1-4-13(15)12-8-6-11(7-9-12)10(3)14(16)17-5-2/h6-10H,4-5H2,1-3H3. The monoisotopic (exact) mass is 234 g/mol. The molecule has 92 valence electrons. The van der Waals surface area contributed by atoms with Crippen molar-refractivity contribution in [3.05, 3.63) is 35.4 Å². The van der Waals surface area contributed by atoms with E-state index < -0.39 is 0 Å². The highest BCUT2D eigenvalue weighted by atomic mass is 16.5. The van der Waals surface area contributed by atoms with Crippen LogP contribution in [0.5, 0.6) is 0 Å². The number of ketones is 1. The number of rotatable bonds is 5. The van der Waals surface area contributed by atoms with Gasteiger partial charge in [0.05, 0.1) is 12.5 Å². The van der Waals surface area contributed by atoms with Crippen LogP contribution in [0.25, 0.3) is 0 Å². The topological polar surface area (TPSA) is 43.4 Å². The summed E-state index contributed by atoms with van der Waals surface area (Å²) in [5.41, 5.74) is 1.56. The van der Waals surface area contributed by atoms with Crippen LogP contribution >= 0.6 is 0 Å². The van der Waals surface area contributed by atoms with Crippen LogP contribution in [-0.4, -0.2) is 18.4 Å². The lowest BCUT2D eigenvalue weighted by atomic mass is 9.98. The maximum absolute atomic E-state index is 11.5. The molecule has 17 heavy (non-hydrogen) atoms. The molecule has 0 radical (unpaired) electrons. The van der Waals surface area contributed by atoms with E-state index >= 15 is 0 Å². The lowest BCUT2D eigenvalue weighted by Crippen LogP contribution is -2.13. The van der Waals surface area contributed by atoms with Crippen LogP contribution in [0.4, 0.5) is 0 Å². The summed E-state index contributed by atoms with van der Waals surface area (Å²) in [6, 6.07) is 7.14. The highest BCUT2D eigenvalue weighted by Gasteiger charge is 2.16. The molecular formula is C14H18O3. The fourth-order valence-electron chi connectivity index (χ4n) is 1.57. The molecule has 1 rings (SSSR count). The van der Waals surface area contributed by atoms with Crippen LogP contribution in [0.3, 0.4) is 0 Å². The van der Waals surface area contributed by atoms with E-state index in [-0.39, 0.29) is 17.7 Å². The van der Waals surface area contributed by atoms with Crippen molar-refractivity contribution < 1.29 is 14.3 Å². The summed E-state index contributed by atoms with van der Waals surface area (Å²) in [6.45, 7) is 5.80. The zero-order valence-corrected chi connectivity index (χ0v) is 10.5. The van der Waals surface area contributed by atoms with E-state index in [2.05, 4.69) is 0 Å². The normalized spacial score (nSPS) is 11.9. The van der Waals surface area contributed by atoms with Gasteiger partial charge in [0, 0.05) is 12.0 Å². The fraction of sp³-hybridized carbons (Fsp3) is 0.429. The summed E-state index contributed by atoms with van der Waals surface area (Å²) in [6.07, 6.45) is 0.493. The van der Waals surface area contributed by atoms with Crippen molar-refractivity contribution in [2.45, 2.75) is 33.1 Å². The number of hydrogen-bond acceptors (Lipinski definition) is 3. The minimum atomic E-state index is -0.291. The summed E-state index contributed by atoms with van der Waals surface area (Å²) < 4.78 is 4.95. The summed E-state index contributed by atoms with van der Waals surface area (Å²) >= 11 is 0. The van der Waals surface area contributed by atoms with Crippen molar-refractivity contribution in [1.29, 1.82) is 0 Å². The number of carbonyl (C=O) groups is 2. The van der Waals surface area contributed by atoms with Crippen LogP contribution in [0.2, 0.25) is 0 Å². The molecular weight excluding hydrogens is 216 g/mol. The average Bonchev–Trinajstić information content (AvgIpc) is 2.37. The molecule has 0 heterocycles. The molecule has 3 nitrogen and oxygen atoms in total. The van der Waals surface area contributed by atoms with Gasteiger partial charge < -0.3 is 4.74 Å². The van der Waals surface area contributed by atoms with Gasteiger partial charge >= 0.3 is 5.97 Å². The summed E-state index contributed by atoms with van der Waals surface area (Å²) in [5.74, 6) is -0.414. The zero-order valence-electron chi connectivity index (χ0n) is 10.5. The molecule has 3 heteroatoms. The molecule has 0 aromatic heterocycles. The Balaban J connectivity index is 2.80. The largest absolute Gasteiger partial charge is 0.466 e. The SMILES string of the molecule is CCOC(=O)C(C)c1ccc(C(=O)CC)cc1. The Hall–Kier alpha value is -1.64. The van der Waals surface area contributed by atoms with Gasteiger partial charge in [-0.1, -0.05) is 31.2 Å². The van der Waals surface area contributed by atoms with E-state index in [1.807, 2.05) is 19.1 Å². The Morgan fingerprint density at radius 2 is 1.76 bits per heavy atom. The van der Waals surface area contributed by atoms with Crippen molar-refractivity contribution in [2.24, 2.45) is 0 Å². The first kappa shape index (κ1) is 13.4. The number of hydrogen-bond donors (Lipinski definition) is 0. The Kier molecular flexibility index (Phi) is 4.88. The van der Waals surface area contributed by atoms with Crippen molar-refractivity contribution in [3.63, 3.8) is 0 Å². The third-order valence-corrected chi connectivity index (χ3v) is 2.69. The lowest BCUT2D eigenvalue weighted by Gasteiger charge is -2.11. The first-order valence-corrected chi connectivity index (χ1v) is 5.89. The summed E-state index contributed by atoms with van der Waals surface area (Å²) in [7, 11) is 0. The predicted molar refractivity (Wildman–Crippen MR) is 66.1 cm³/mol. The third-order valence-electron chi connectivity index (χ3n) is 2.69. The summed E-state index contributed by atoms with van der Waals surface area (Å²) in [5, 5.41) is 0. The second kappa shape index (κ2) is 6.18. The quantitative estimate of drug-likeness (QED) is 0.581. The number of esters is 1. The Morgan fingerprint density at radius 1 is 1.18 bits per heavy atom. The second-order valence-electron chi connectivity index (χ2n) is 3.87. The number of benzene rings is 1. The highest BCUT2D eigenvalue weighted by Crippen LogP contribution is 2.18. The van der Waals surface area contributed by atoms with E-state index in [1.165, 1.54) is 0 Å². The third kappa shape index (κ3) is 3.41. The average molecular weight is 234 g/mol. The van der Waals surface area contributed by atoms with Crippen LogP contribution in [0.1, 0.15) is 49.0 Å². The highest BCUT2D eigenvalue weighted by molar-refractivity contribution is 5.95. The van der Waals surface area contributed by atoms with Crippen molar-refractivity contribution in [3.8, 4) is 0 Å². The number of ether oxygens (including phenoxy) is 1. The van der Waals surface area contributed by atoms with Crippen molar-refractivity contribution in [1.82, 2.24) is 0 Å². The number of carbonyl (C=O) groups excluding carboxylic acids is 2. The molecule has 1 unspecified atom stereocenters.